The highest BCUT2D eigenvalue weighted by Gasteiger charge is 2.13. The van der Waals surface area contributed by atoms with E-state index in [4.69, 9.17) is 0 Å². The summed E-state index contributed by atoms with van der Waals surface area (Å²) >= 11 is 3.40. The van der Waals surface area contributed by atoms with Gasteiger partial charge in [-0.15, -0.1) is 0 Å². The Balaban J connectivity index is 2.01. The number of amides is 1. The predicted molar refractivity (Wildman–Crippen MR) is 82.6 cm³/mol. The summed E-state index contributed by atoms with van der Waals surface area (Å²) in [6.07, 6.45) is -0.701. The van der Waals surface area contributed by atoms with Crippen molar-refractivity contribution in [1.82, 2.24) is 5.32 Å². The van der Waals surface area contributed by atoms with Gasteiger partial charge in [0.05, 0.1) is 6.10 Å². The molecule has 2 aromatic rings. The molecule has 20 heavy (non-hydrogen) atoms. The molecule has 0 radical (unpaired) electrons. The van der Waals surface area contributed by atoms with Crippen LogP contribution in [0.5, 0.6) is 0 Å². The molecule has 0 aliphatic carbocycles. The minimum Gasteiger partial charge on any atom is -0.387 e. The van der Waals surface area contributed by atoms with Gasteiger partial charge in [0.2, 0.25) is 0 Å². The van der Waals surface area contributed by atoms with Crippen molar-refractivity contribution in [2.75, 3.05) is 6.54 Å². The molecular formula is C16H16BrNO2. The third-order valence-electron chi connectivity index (χ3n) is 3.15. The van der Waals surface area contributed by atoms with Gasteiger partial charge < -0.3 is 10.4 Å². The van der Waals surface area contributed by atoms with Crippen LogP contribution in [0.1, 0.15) is 27.6 Å². The molecule has 0 aromatic heterocycles. The molecule has 2 N–H and O–H groups in total. The lowest BCUT2D eigenvalue weighted by atomic mass is 10.1. The molecule has 1 unspecified atom stereocenters. The minimum absolute atomic E-state index is 0.182. The molecule has 0 aliphatic heterocycles. The summed E-state index contributed by atoms with van der Waals surface area (Å²) in [5, 5.41) is 12.8. The van der Waals surface area contributed by atoms with Crippen LogP contribution in [0.2, 0.25) is 0 Å². The average molecular weight is 334 g/mol. The number of nitrogens with one attached hydrogen (secondary N) is 1. The van der Waals surface area contributed by atoms with Crippen LogP contribution >= 0.6 is 15.9 Å². The van der Waals surface area contributed by atoms with Crippen molar-refractivity contribution >= 4 is 21.8 Å². The van der Waals surface area contributed by atoms with Gasteiger partial charge in [0, 0.05) is 16.6 Å². The number of aliphatic hydroxyl groups excluding tert-OH is 1. The maximum absolute atomic E-state index is 12.1. The van der Waals surface area contributed by atoms with Crippen molar-refractivity contribution in [2.45, 2.75) is 13.0 Å². The molecule has 0 aliphatic rings. The first-order valence-corrected chi connectivity index (χ1v) is 7.15. The monoisotopic (exact) mass is 333 g/mol. The van der Waals surface area contributed by atoms with Gasteiger partial charge in [0.25, 0.3) is 5.91 Å². The van der Waals surface area contributed by atoms with E-state index in [0.29, 0.717) is 5.56 Å². The van der Waals surface area contributed by atoms with E-state index < -0.39 is 6.10 Å². The molecule has 2 aromatic carbocycles. The highest BCUT2D eigenvalue weighted by atomic mass is 79.9. The van der Waals surface area contributed by atoms with Crippen LogP contribution in [0.3, 0.4) is 0 Å². The summed E-state index contributed by atoms with van der Waals surface area (Å²) in [6.45, 7) is 2.07. The van der Waals surface area contributed by atoms with Crippen molar-refractivity contribution in [3.8, 4) is 0 Å². The summed E-state index contributed by atoms with van der Waals surface area (Å²) in [4.78, 5) is 12.1. The molecule has 1 atom stereocenters. The molecule has 104 valence electrons. The lowest BCUT2D eigenvalue weighted by Crippen LogP contribution is -2.28. The van der Waals surface area contributed by atoms with Gasteiger partial charge >= 0.3 is 0 Å². The number of aliphatic hydroxyl groups is 1. The highest BCUT2D eigenvalue weighted by Crippen LogP contribution is 2.19. The van der Waals surface area contributed by atoms with Gasteiger partial charge in [0.1, 0.15) is 0 Å². The minimum atomic E-state index is -0.701. The summed E-state index contributed by atoms with van der Waals surface area (Å²) in [7, 11) is 0. The first-order chi connectivity index (χ1) is 9.59. The predicted octanol–water partition coefficient (Wildman–Crippen LogP) is 3.22. The highest BCUT2D eigenvalue weighted by molar-refractivity contribution is 9.10. The topological polar surface area (TPSA) is 49.3 Å². The smallest absolute Gasteiger partial charge is 0.251 e. The van der Waals surface area contributed by atoms with E-state index in [-0.39, 0.29) is 12.5 Å². The molecule has 0 heterocycles. The van der Waals surface area contributed by atoms with Crippen molar-refractivity contribution in [1.29, 1.82) is 0 Å². The maximum atomic E-state index is 12.1. The maximum Gasteiger partial charge on any atom is 0.251 e. The van der Waals surface area contributed by atoms with Gasteiger partial charge in [-0.1, -0.05) is 52.3 Å². The second-order valence-corrected chi connectivity index (χ2v) is 5.40. The molecule has 1 amide bonds. The van der Waals surface area contributed by atoms with E-state index in [0.717, 1.165) is 15.6 Å². The SMILES string of the molecule is Cc1c(Br)cccc1C(=O)NCC(O)c1ccccc1. The Morgan fingerprint density at radius 1 is 1.20 bits per heavy atom. The fourth-order valence-electron chi connectivity index (χ4n) is 1.93. The van der Waals surface area contributed by atoms with E-state index in [2.05, 4.69) is 21.2 Å². The Bertz CT molecular complexity index is 599. The molecule has 0 spiro atoms. The van der Waals surface area contributed by atoms with Crippen LogP contribution in [0.15, 0.2) is 53.0 Å². The first kappa shape index (κ1) is 14.8. The van der Waals surface area contributed by atoms with E-state index >= 15 is 0 Å². The molecule has 0 fully saturated rings. The normalized spacial score (nSPS) is 11.9. The molecule has 4 heteroatoms. The van der Waals surface area contributed by atoms with Crippen molar-refractivity contribution in [3.05, 3.63) is 69.7 Å². The summed E-state index contributed by atoms with van der Waals surface area (Å²) < 4.78 is 0.897. The van der Waals surface area contributed by atoms with Crippen LogP contribution in [-0.4, -0.2) is 17.6 Å². The van der Waals surface area contributed by atoms with Crippen LogP contribution in [0, 0.1) is 6.92 Å². The molecule has 3 nitrogen and oxygen atoms in total. The van der Waals surface area contributed by atoms with Crippen molar-refractivity contribution in [2.24, 2.45) is 0 Å². The summed E-state index contributed by atoms with van der Waals surface area (Å²) in [5.41, 5.74) is 2.29. The van der Waals surface area contributed by atoms with Crippen LogP contribution in [0.4, 0.5) is 0 Å². The zero-order valence-electron chi connectivity index (χ0n) is 11.1. The Hall–Kier alpha value is -1.65. The quantitative estimate of drug-likeness (QED) is 0.902. The number of halogens is 1. The van der Waals surface area contributed by atoms with Crippen molar-refractivity contribution < 1.29 is 9.90 Å². The fourth-order valence-corrected chi connectivity index (χ4v) is 2.30. The zero-order chi connectivity index (χ0) is 14.5. The third kappa shape index (κ3) is 3.46. The molecule has 0 saturated carbocycles. The molecular weight excluding hydrogens is 318 g/mol. The van der Waals surface area contributed by atoms with Gasteiger partial charge in [-0.2, -0.15) is 0 Å². The van der Waals surface area contributed by atoms with Crippen LogP contribution < -0.4 is 5.32 Å². The standard InChI is InChI=1S/C16H16BrNO2/c1-11-13(8-5-9-14(11)17)16(20)18-10-15(19)12-6-3-2-4-7-12/h2-9,15,19H,10H2,1H3,(H,18,20). The average Bonchev–Trinajstić information content (AvgIpc) is 2.48. The van der Waals surface area contributed by atoms with Crippen LogP contribution in [0.25, 0.3) is 0 Å². The summed E-state index contributed by atoms with van der Waals surface area (Å²) in [6, 6.07) is 14.8. The number of hydrogen-bond donors (Lipinski definition) is 2. The van der Waals surface area contributed by atoms with E-state index in [9.17, 15) is 9.90 Å². The van der Waals surface area contributed by atoms with E-state index in [1.807, 2.05) is 49.4 Å². The van der Waals surface area contributed by atoms with Crippen LogP contribution in [-0.2, 0) is 0 Å². The van der Waals surface area contributed by atoms with Gasteiger partial charge in [0.15, 0.2) is 0 Å². The first-order valence-electron chi connectivity index (χ1n) is 6.36. The largest absolute Gasteiger partial charge is 0.387 e. The lowest BCUT2D eigenvalue weighted by Gasteiger charge is -2.13. The lowest BCUT2D eigenvalue weighted by molar-refractivity contribution is 0.0915. The zero-order valence-corrected chi connectivity index (χ0v) is 12.7. The number of benzene rings is 2. The molecule has 0 saturated heterocycles. The number of hydrogen-bond acceptors (Lipinski definition) is 2. The number of carbonyl (C=O) groups excluding carboxylic acids is 1. The number of rotatable bonds is 4. The second kappa shape index (κ2) is 6.68. The fraction of sp³-hybridized carbons (Fsp3) is 0.188. The molecule has 0 bridgehead atoms. The van der Waals surface area contributed by atoms with E-state index in [1.54, 1.807) is 6.07 Å². The Morgan fingerprint density at radius 3 is 2.60 bits per heavy atom. The van der Waals surface area contributed by atoms with Gasteiger partial charge in [-0.05, 0) is 30.2 Å². The Morgan fingerprint density at radius 2 is 1.90 bits per heavy atom. The van der Waals surface area contributed by atoms with Crippen molar-refractivity contribution in [3.63, 3.8) is 0 Å². The van der Waals surface area contributed by atoms with Gasteiger partial charge in [-0.25, -0.2) is 0 Å². The third-order valence-corrected chi connectivity index (χ3v) is 4.01. The van der Waals surface area contributed by atoms with E-state index in [1.165, 1.54) is 0 Å². The molecule has 2 rings (SSSR count). The second-order valence-electron chi connectivity index (χ2n) is 4.55. The Labute approximate surface area is 126 Å². The number of carbonyl (C=O) groups is 1. The Kier molecular flexibility index (Phi) is 4.93. The summed E-state index contributed by atoms with van der Waals surface area (Å²) in [5.74, 6) is -0.182. The van der Waals surface area contributed by atoms with Gasteiger partial charge in [-0.3, -0.25) is 4.79 Å².